The molecule has 0 N–H and O–H groups in total. The van der Waals surface area contributed by atoms with Crippen molar-refractivity contribution in [2.24, 2.45) is 0 Å². The van der Waals surface area contributed by atoms with E-state index in [2.05, 4.69) is 23.1 Å². The molecule has 2 aromatic carbocycles. The molecule has 0 saturated heterocycles. The summed E-state index contributed by atoms with van der Waals surface area (Å²) in [5.41, 5.74) is 4.53. The Morgan fingerprint density at radius 3 is 2.55 bits per heavy atom. The highest BCUT2D eigenvalue weighted by Gasteiger charge is 2.27. The van der Waals surface area contributed by atoms with Gasteiger partial charge in [-0.15, -0.1) is 0 Å². The van der Waals surface area contributed by atoms with Crippen LogP contribution in [0.2, 0.25) is 0 Å². The Kier molecular flexibility index (Phi) is 3.31. The molecule has 0 bridgehead atoms. The first kappa shape index (κ1) is 12.9. The van der Waals surface area contributed by atoms with Gasteiger partial charge in [-0.2, -0.15) is 0 Å². The molecule has 1 heterocycles. The number of fused-ring (bicyclic) bond motifs is 1. The summed E-state index contributed by atoms with van der Waals surface area (Å²) in [7, 11) is 0. The van der Waals surface area contributed by atoms with Crippen molar-refractivity contribution in [2.45, 2.75) is 26.3 Å². The third-order valence-corrected chi connectivity index (χ3v) is 4.11. The van der Waals surface area contributed by atoms with Crippen molar-refractivity contribution in [3.05, 3.63) is 65.2 Å². The van der Waals surface area contributed by atoms with Crippen molar-refractivity contribution in [3.63, 3.8) is 0 Å². The summed E-state index contributed by atoms with van der Waals surface area (Å²) in [5, 5.41) is 0. The Hall–Kier alpha value is -2.09. The molecule has 3 rings (SSSR count). The maximum atomic E-state index is 12.6. The summed E-state index contributed by atoms with van der Waals surface area (Å²) in [6, 6.07) is 16.1. The highest BCUT2D eigenvalue weighted by Crippen LogP contribution is 2.30. The quantitative estimate of drug-likeness (QED) is 0.790. The second-order valence-corrected chi connectivity index (χ2v) is 5.48. The summed E-state index contributed by atoms with van der Waals surface area (Å²) in [5.74, 6) is 0.196. The summed E-state index contributed by atoms with van der Waals surface area (Å²) < 4.78 is 0. The minimum absolute atomic E-state index is 0.110. The first-order valence-electron chi connectivity index (χ1n) is 7.12. The van der Waals surface area contributed by atoms with E-state index >= 15 is 0 Å². The molecule has 0 fully saturated rings. The van der Waals surface area contributed by atoms with E-state index in [0.717, 1.165) is 18.5 Å². The smallest absolute Gasteiger partial charge is 0.184 e. The number of anilines is 1. The van der Waals surface area contributed by atoms with Crippen LogP contribution in [0.15, 0.2) is 48.5 Å². The van der Waals surface area contributed by atoms with Gasteiger partial charge in [0.2, 0.25) is 0 Å². The Morgan fingerprint density at radius 1 is 1.10 bits per heavy atom. The second-order valence-electron chi connectivity index (χ2n) is 5.48. The van der Waals surface area contributed by atoms with Crippen LogP contribution in [-0.2, 0) is 6.42 Å². The zero-order chi connectivity index (χ0) is 14.1. The van der Waals surface area contributed by atoms with Crippen molar-refractivity contribution in [3.8, 4) is 0 Å². The van der Waals surface area contributed by atoms with E-state index < -0.39 is 0 Å². The van der Waals surface area contributed by atoms with Crippen molar-refractivity contribution in [1.82, 2.24) is 0 Å². The lowest BCUT2D eigenvalue weighted by molar-refractivity contribution is 0.0965. The number of hydrogen-bond acceptors (Lipinski definition) is 2. The fourth-order valence-corrected chi connectivity index (χ4v) is 2.87. The highest BCUT2D eigenvalue weighted by atomic mass is 16.1. The molecule has 20 heavy (non-hydrogen) atoms. The van der Waals surface area contributed by atoms with Crippen LogP contribution in [-0.4, -0.2) is 18.4 Å². The van der Waals surface area contributed by atoms with Gasteiger partial charge < -0.3 is 4.90 Å². The molecular formula is C18H19NO. The fraction of sp³-hybridized carbons (Fsp3) is 0.278. The Bertz CT molecular complexity index is 630. The van der Waals surface area contributed by atoms with Gasteiger partial charge >= 0.3 is 0 Å². The van der Waals surface area contributed by atoms with E-state index in [1.807, 2.05) is 44.2 Å². The molecule has 2 aromatic rings. The average Bonchev–Trinajstić information content (AvgIpc) is 2.90. The van der Waals surface area contributed by atoms with Gasteiger partial charge in [0, 0.05) is 17.8 Å². The van der Waals surface area contributed by atoms with Crippen LogP contribution in [0.1, 0.15) is 28.4 Å². The van der Waals surface area contributed by atoms with Gasteiger partial charge in [-0.3, -0.25) is 4.79 Å². The Balaban J connectivity index is 1.85. The van der Waals surface area contributed by atoms with Gasteiger partial charge in [0.25, 0.3) is 0 Å². The number of Topliss-reactive ketones (excluding diaryl/α,β-unsaturated/α-hetero) is 1. The van der Waals surface area contributed by atoms with Crippen LogP contribution >= 0.6 is 0 Å². The van der Waals surface area contributed by atoms with Gasteiger partial charge in [0.05, 0.1) is 6.04 Å². The third-order valence-electron chi connectivity index (χ3n) is 4.11. The van der Waals surface area contributed by atoms with Crippen LogP contribution in [0.4, 0.5) is 5.69 Å². The summed E-state index contributed by atoms with van der Waals surface area (Å²) in [6.07, 6.45) is 1.03. The average molecular weight is 265 g/mol. The van der Waals surface area contributed by atoms with Crippen LogP contribution in [0.3, 0.4) is 0 Å². The SMILES string of the molecule is Cc1ccc(C(=O)C(C)N2CCc3ccccc32)cc1. The second kappa shape index (κ2) is 5.12. The minimum Gasteiger partial charge on any atom is -0.361 e. The number of carbonyl (C=O) groups excluding carboxylic acids is 1. The van der Waals surface area contributed by atoms with Crippen molar-refractivity contribution < 1.29 is 4.79 Å². The molecule has 0 amide bonds. The van der Waals surface area contributed by atoms with E-state index in [9.17, 15) is 4.79 Å². The number of aryl methyl sites for hydroxylation is 1. The molecule has 0 aromatic heterocycles. The molecule has 102 valence electrons. The maximum Gasteiger partial charge on any atom is 0.184 e. The first-order valence-corrected chi connectivity index (χ1v) is 7.12. The molecule has 0 aliphatic carbocycles. The molecule has 0 spiro atoms. The number of benzene rings is 2. The lowest BCUT2D eigenvalue weighted by Crippen LogP contribution is -2.37. The number of ketones is 1. The van der Waals surface area contributed by atoms with E-state index in [1.165, 1.54) is 16.8 Å². The summed E-state index contributed by atoms with van der Waals surface area (Å²) >= 11 is 0. The molecule has 2 heteroatoms. The van der Waals surface area contributed by atoms with Crippen molar-refractivity contribution in [2.75, 3.05) is 11.4 Å². The normalized spacial score (nSPS) is 15.0. The van der Waals surface area contributed by atoms with Gasteiger partial charge in [-0.25, -0.2) is 0 Å². The number of para-hydroxylation sites is 1. The predicted octanol–water partition coefficient (Wildman–Crippen LogP) is 3.63. The summed E-state index contributed by atoms with van der Waals surface area (Å²) in [6.45, 7) is 4.97. The number of rotatable bonds is 3. The molecule has 0 saturated carbocycles. The molecule has 2 nitrogen and oxygen atoms in total. The van der Waals surface area contributed by atoms with Crippen molar-refractivity contribution in [1.29, 1.82) is 0 Å². The molecule has 1 aliphatic heterocycles. The molecule has 0 radical (unpaired) electrons. The van der Waals surface area contributed by atoms with Crippen LogP contribution in [0, 0.1) is 6.92 Å². The lowest BCUT2D eigenvalue weighted by atomic mass is 10.0. The molecule has 1 aliphatic rings. The van der Waals surface area contributed by atoms with Crippen LogP contribution in [0.25, 0.3) is 0 Å². The molecular weight excluding hydrogens is 246 g/mol. The zero-order valence-electron chi connectivity index (χ0n) is 12.0. The Labute approximate surface area is 120 Å². The van der Waals surface area contributed by atoms with Gasteiger partial charge in [0.1, 0.15) is 0 Å². The van der Waals surface area contributed by atoms with E-state index in [4.69, 9.17) is 0 Å². The van der Waals surface area contributed by atoms with Crippen LogP contribution < -0.4 is 4.90 Å². The largest absolute Gasteiger partial charge is 0.361 e. The number of hydrogen-bond donors (Lipinski definition) is 0. The zero-order valence-corrected chi connectivity index (χ0v) is 12.0. The number of carbonyl (C=O) groups is 1. The minimum atomic E-state index is -0.110. The van der Waals surface area contributed by atoms with E-state index in [-0.39, 0.29) is 11.8 Å². The van der Waals surface area contributed by atoms with E-state index in [1.54, 1.807) is 0 Å². The van der Waals surface area contributed by atoms with Crippen LogP contribution in [0.5, 0.6) is 0 Å². The Morgan fingerprint density at radius 2 is 1.80 bits per heavy atom. The fourth-order valence-electron chi connectivity index (χ4n) is 2.87. The summed E-state index contributed by atoms with van der Waals surface area (Å²) in [4.78, 5) is 14.8. The highest BCUT2D eigenvalue weighted by molar-refractivity contribution is 6.02. The maximum absolute atomic E-state index is 12.6. The monoisotopic (exact) mass is 265 g/mol. The predicted molar refractivity (Wildman–Crippen MR) is 82.5 cm³/mol. The topological polar surface area (TPSA) is 20.3 Å². The first-order chi connectivity index (χ1) is 9.66. The number of nitrogens with zero attached hydrogens (tertiary/aromatic N) is 1. The molecule has 1 atom stereocenters. The van der Waals surface area contributed by atoms with Crippen molar-refractivity contribution >= 4 is 11.5 Å². The van der Waals surface area contributed by atoms with Gasteiger partial charge in [0.15, 0.2) is 5.78 Å². The molecule has 1 unspecified atom stereocenters. The third kappa shape index (κ3) is 2.22. The van der Waals surface area contributed by atoms with E-state index in [0.29, 0.717) is 0 Å². The van der Waals surface area contributed by atoms with Gasteiger partial charge in [-0.05, 0) is 31.9 Å². The van der Waals surface area contributed by atoms with Gasteiger partial charge in [-0.1, -0.05) is 48.0 Å². The lowest BCUT2D eigenvalue weighted by Gasteiger charge is -2.26. The standard InChI is InChI=1S/C18H19NO/c1-13-7-9-16(10-8-13)18(20)14(2)19-12-11-15-5-3-4-6-17(15)19/h3-10,14H,11-12H2,1-2H3.